The first-order valence-electron chi connectivity index (χ1n) is 7.57. The molecule has 0 bridgehead atoms. The van der Waals surface area contributed by atoms with Crippen LogP contribution in [0.1, 0.15) is 13.8 Å². The fourth-order valence-electron chi connectivity index (χ4n) is 2.13. The maximum atomic E-state index is 12.5. The number of hydrogen-bond donors (Lipinski definition) is 3. The molecule has 25 heavy (non-hydrogen) atoms. The summed E-state index contributed by atoms with van der Waals surface area (Å²) < 4.78 is 28.2. The van der Waals surface area contributed by atoms with Crippen LogP contribution in [0, 0.1) is 5.92 Å². The van der Waals surface area contributed by atoms with Gasteiger partial charge in [0.1, 0.15) is 11.8 Å². The number of para-hydroxylation sites is 2. The SMILES string of the molecule is CC(C)[C@H](NS(=O)(=O)c1ccc(Br)cc1)C(=O)Nc1ccccc1O. The van der Waals surface area contributed by atoms with Gasteiger partial charge in [0.05, 0.1) is 10.6 Å². The summed E-state index contributed by atoms with van der Waals surface area (Å²) in [5.74, 6) is -0.928. The number of rotatable bonds is 6. The number of nitrogens with one attached hydrogen (secondary N) is 2. The van der Waals surface area contributed by atoms with Gasteiger partial charge in [0.15, 0.2) is 0 Å². The number of halogens is 1. The third-order valence-corrected chi connectivity index (χ3v) is 5.50. The molecule has 0 aliphatic carbocycles. The molecule has 134 valence electrons. The maximum absolute atomic E-state index is 12.5. The van der Waals surface area contributed by atoms with E-state index in [2.05, 4.69) is 26.0 Å². The van der Waals surface area contributed by atoms with Crippen LogP contribution >= 0.6 is 15.9 Å². The Labute approximate surface area is 155 Å². The van der Waals surface area contributed by atoms with Crippen molar-refractivity contribution in [1.82, 2.24) is 4.72 Å². The number of aromatic hydroxyl groups is 1. The molecule has 0 radical (unpaired) electrons. The van der Waals surface area contributed by atoms with E-state index in [1.165, 1.54) is 24.3 Å². The number of sulfonamides is 1. The molecule has 0 saturated heterocycles. The summed E-state index contributed by atoms with van der Waals surface area (Å²) in [7, 11) is -3.86. The van der Waals surface area contributed by atoms with Crippen LogP contribution in [0.4, 0.5) is 5.69 Å². The third-order valence-electron chi connectivity index (χ3n) is 3.52. The van der Waals surface area contributed by atoms with Gasteiger partial charge >= 0.3 is 0 Å². The predicted octanol–water partition coefficient (Wildman–Crippen LogP) is 3.10. The molecule has 1 amide bonds. The first kappa shape index (κ1) is 19.4. The fourth-order valence-corrected chi connectivity index (χ4v) is 3.74. The van der Waals surface area contributed by atoms with Gasteiger partial charge in [0.2, 0.25) is 15.9 Å². The molecule has 0 aromatic heterocycles. The third kappa shape index (κ3) is 5.04. The van der Waals surface area contributed by atoms with E-state index in [1.807, 2.05) is 0 Å². The van der Waals surface area contributed by atoms with Crippen molar-refractivity contribution in [3.8, 4) is 5.75 Å². The van der Waals surface area contributed by atoms with Gasteiger partial charge in [-0.1, -0.05) is 41.9 Å². The Morgan fingerprint density at radius 3 is 2.24 bits per heavy atom. The molecule has 8 heteroatoms. The minimum Gasteiger partial charge on any atom is -0.506 e. The fraction of sp³-hybridized carbons (Fsp3) is 0.235. The average molecular weight is 427 g/mol. The Balaban J connectivity index is 2.21. The molecule has 2 rings (SSSR count). The highest BCUT2D eigenvalue weighted by Crippen LogP contribution is 2.22. The molecule has 0 saturated carbocycles. The zero-order valence-corrected chi connectivity index (χ0v) is 16.1. The van der Waals surface area contributed by atoms with Gasteiger partial charge in [-0.2, -0.15) is 4.72 Å². The van der Waals surface area contributed by atoms with Crippen molar-refractivity contribution in [2.75, 3.05) is 5.32 Å². The first-order valence-corrected chi connectivity index (χ1v) is 9.85. The standard InChI is InChI=1S/C17H19BrN2O4S/c1-11(2)16(17(22)19-14-5-3-4-6-15(14)21)20-25(23,24)13-9-7-12(18)8-10-13/h3-11,16,20-21H,1-2H3,(H,19,22)/t16-/m0/s1. The number of amides is 1. The zero-order chi connectivity index (χ0) is 18.6. The van der Waals surface area contributed by atoms with Crippen molar-refractivity contribution in [2.24, 2.45) is 5.92 Å². The number of anilines is 1. The Morgan fingerprint density at radius 2 is 1.68 bits per heavy atom. The highest BCUT2D eigenvalue weighted by atomic mass is 79.9. The summed E-state index contributed by atoms with van der Waals surface area (Å²) in [6.45, 7) is 3.47. The minimum atomic E-state index is -3.86. The van der Waals surface area contributed by atoms with E-state index < -0.39 is 22.0 Å². The van der Waals surface area contributed by atoms with Gasteiger partial charge in [0, 0.05) is 4.47 Å². The zero-order valence-electron chi connectivity index (χ0n) is 13.7. The van der Waals surface area contributed by atoms with Crippen LogP contribution in [0.15, 0.2) is 57.9 Å². The Morgan fingerprint density at radius 1 is 1.08 bits per heavy atom. The van der Waals surface area contributed by atoms with Crippen LogP contribution in [0.2, 0.25) is 0 Å². The van der Waals surface area contributed by atoms with Crippen LogP contribution in [0.3, 0.4) is 0 Å². The maximum Gasteiger partial charge on any atom is 0.242 e. The molecule has 3 N–H and O–H groups in total. The van der Waals surface area contributed by atoms with E-state index in [9.17, 15) is 18.3 Å². The molecule has 1 atom stereocenters. The molecule has 0 unspecified atom stereocenters. The van der Waals surface area contributed by atoms with E-state index in [1.54, 1.807) is 38.1 Å². The molecular weight excluding hydrogens is 408 g/mol. The summed E-state index contributed by atoms with van der Waals surface area (Å²) in [4.78, 5) is 12.6. The summed E-state index contributed by atoms with van der Waals surface area (Å²) in [5.41, 5.74) is 0.223. The molecule has 2 aromatic carbocycles. The first-order chi connectivity index (χ1) is 11.7. The lowest BCUT2D eigenvalue weighted by Gasteiger charge is -2.22. The van der Waals surface area contributed by atoms with Gasteiger partial charge in [-0.25, -0.2) is 8.42 Å². The Kier molecular flexibility index (Phi) is 6.21. The van der Waals surface area contributed by atoms with E-state index in [0.717, 1.165) is 4.47 Å². The average Bonchev–Trinajstić information content (AvgIpc) is 2.55. The van der Waals surface area contributed by atoms with Crippen molar-refractivity contribution >= 4 is 37.5 Å². The van der Waals surface area contributed by atoms with E-state index in [-0.39, 0.29) is 22.3 Å². The number of carbonyl (C=O) groups is 1. The number of benzene rings is 2. The molecular formula is C17H19BrN2O4S. The highest BCUT2D eigenvalue weighted by Gasteiger charge is 2.28. The number of phenolic OH excluding ortho intramolecular Hbond substituents is 1. The summed E-state index contributed by atoms with van der Waals surface area (Å²) >= 11 is 3.25. The van der Waals surface area contributed by atoms with Crippen LogP contribution in [0.25, 0.3) is 0 Å². The summed E-state index contributed by atoms with van der Waals surface area (Å²) in [5, 5.41) is 12.3. The summed E-state index contributed by atoms with van der Waals surface area (Å²) in [6, 6.07) is 11.4. The predicted molar refractivity (Wildman–Crippen MR) is 99.8 cm³/mol. The molecule has 0 aliphatic heterocycles. The second-order valence-electron chi connectivity index (χ2n) is 5.80. The number of hydrogen-bond acceptors (Lipinski definition) is 4. The lowest BCUT2D eigenvalue weighted by molar-refractivity contribution is -0.118. The molecule has 0 heterocycles. The second kappa shape index (κ2) is 7.99. The van der Waals surface area contributed by atoms with E-state index in [4.69, 9.17) is 0 Å². The van der Waals surface area contributed by atoms with Gasteiger partial charge in [0.25, 0.3) is 0 Å². The van der Waals surface area contributed by atoms with Gasteiger partial charge < -0.3 is 10.4 Å². The topological polar surface area (TPSA) is 95.5 Å². The smallest absolute Gasteiger partial charge is 0.242 e. The van der Waals surface area contributed by atoms with Gasteiger partial charge in [-0.3, -0.25) is 4.79 Å². The van der Waals surface area contributed by atoms with Crippen LogP contribution < -0.4 is 10.0 Å². The van der Waals surface area contributed by atoms with Crippen molar-refractivity contribution in [3.05, 3.63) is 53.0 Å². The van der Waals surface area contributed by atoms with Gasteiger partial charge in [-0.05, 0) is 42.3 Å². The van der Waals surface area contributed by atoms with Gasteiger partial charge in [-0.15, -0.1) is 0 Å². The van der Waals surface area contributed by atoms with Crippen molar-refractivity contribution in [1.29, 1.82) is 0 Å². The van der Waals surface area contributed by atoms with Crippen molar-refractivity contribution in [3.63, 3.8) is 0 Å². The normalized spacial score (nSPS) is 12.8. The molecule has 6 nitrogen and oxygen atoms in total. The molecule has 0 spiro atoms. The molecule has 2 aromatic rings. The molecule has 0 fully saturated rings. The van der Waals surface area contributed by atoms with Crippen LogP contribution in [-0.4, -0.2) is 25.5 Å². The van der Waals surface area contributed by atoms with E-state index in [0.29, 0.717) is 0 Å². The summed E-state index contributed by atoms with van der Waals surface area (Å²) in [6.07, 6.45) is 0. The highest BCUT2D eigenvalue weighted by molar-refractivity contribution is 9.10. The van der Waals surface area contributed by atoms with Crippen LogP contribution in [-0.2, 0) is 14.8 Å². The molecule has 0 aliphatic rings. The Hall–Kier alpha value is -1.90. The van der Waals surface area contributed by atoms with Crippen molar-refractivity contribution in [2.45, 2.75) is 24.8 Å². The Bertz CT molecular complexity index is 851. The lowest BCUT2D eigenvalue weighted by atomic mass is 10.0. The number of carbonyl (C=O) groups excluding carboxylic acids is 1. The minimum absolute atomic E-state index is 0.0664. The largest absolute Gasteiger partial charge is 0.506 e. The number of phenols is 1. The van der Waals surface area contributed by atoms with Crippen LogP contribution in [0.5, 0.6) is 5.75 Å². The quantitative estimate of drug-likeness (QED) is 0.618. The monoisotopic (exact) mass is 426 g/mol. The second-order valence-corrected chi connectivity index (χ2v) is 8.43. The lowest BCUT2D eigenvalue weighted by Crippen LogP contribution is -2.47. The van der Waals surface area contributed by atoms with E-state index >= 15 is 0 Å². The van der Waals surface area contributed by atoms with Crippen molar-refractivity contribution < 1.29 is 18.3 Å².